The van der Waals surface area contributed by atoms with Crippen molar-refractivity contribution < 1.29 is 31.0 Å². The van der Waals surface area contributed by atoms with Gasteiger partial charge in [0.1, 0.15) is 0 Å². The molecule has 8 heavy (non-hydrogen) atoms. The maximum atomic E-state index is 5.05. The second-order valence-electron chi connectivity index (χ2n) is 1.03. The van der Waals surface area contributed by atoms with Crippen molar-refractivity contribution in [3.8, 4) is 0 Å². The summed E-state index contributed by atoms with van der Waals surface area (Å²) in [4.78, 5) is 0. The van der Waals surface area contributed by atoms with E-state index in [9.17, 15) is 0 Å². The molecule has 0 heterocycles. The molecular weight excluding hydrogens is 131 g/mol. The molecule has 0 saturated heterocycles. The van der Waals surface area contributed by atoms with E-state index in [0.29, 0.717) is 11.7 Å². The molecule has 0 atom stereocenters. The zero-order valence-electron chi connectivity index (χ0n) is 5.98. The van der Waals surface area contributed by atoms with Crippen LogP contribution in [0.4, 0.5) is 0 Å². The molecule has 0 radical (unpaired) electrons. The number of hydrogen-bond donors (Lipinski definition) is 2. The van der Waals surface area contributed by atoms with Gasteiger partial charge < -0.3 is 12.5 Å². The fourth-order valence-corrected chi connectivity index (χ4v) is 0.256. The van der Waals surface area contributed by atoms with E-state index in [0.717, 1.165) is 0 Å². The minimum Gasteiger partial charge on any atom is -1.00 e. The summed E-state index contributed by atoms with van der Waals surface area (Å²) in [6.07, 6.45) is 1.69. The van der Waals surface area contributed by atoms with E-state index in [4.69, 9.17) is 5.73 Å². The quantitative estimate of drug-likeness (QED) is 0.246. The average molecular weight is 140 g/mol. The van der Waals surface area contributed by atoms with Gasteiger partial charge in [0, 0.05) is 6.54 Å². The van der Waals surface area contributed by atoms with Crippen LogP contribution >= 0.6 is 12.2 Å². The fraction of sp³-hybridized carbons (Fsp3) is 0.250. The van der Waals surface area contributed by atoms with Crippen LogP contribution in [0.5, 0.6) is 0 Å². The van der Waals surface area contributed by atoms with Gasteiger partial charge in [-0.05, 0) is 12.2 Å². The molecule has 0 spiro atoms. The van der Waals surface area contributed by atoms with Crippen LogP contribution in [0.25, 0.3) is 0 Å². The van der Waals surface area contributed by atoms with E-state index in [1.165, 1.54) is 0 Å². The molecule has 0 aliphatic carbocycles. The molecule has 3 N–H and O–H groups in total. The third-order valence-electron chi connectivity index (χ3n) is 0.421. The zero-order chi connectivity index (χ0) is 5.70. The summed E-state index contributed by atoms with van der Waals surface area (Å²) < 4.78 is 0. The van der Waals surface area contributed by atoms with Crippen LogP contribution in [-0.4, -0.2) is 11.7 Å². The van der Waals surface area contributed by atoms with Crippen LogP contribution in [-0.2, 0) is 0 Å². The summed E-state index contributed by atoms with van der Waals surface area (Å²) in [5.74, 6) is 0. The van der Waals surface area contributed by atoms with Crippen LogP contribution in [0, 0.1) is 0 Å². The second-order valence-corrected chi connectivity index (χ2v) is 1.47. The number of nitrogens with two attached hydrogens (primary N) is 1. The third kappa shape index (κ3) is 9.66. The molecule has 0 aromatic rings. The Kier molecular flexibility index (Phi) is 10.5. The van der Waals surface area contributed by atoms with Crippen LogP contribution < -0.4 is 40.6 Å². The molecule has 4 heteroatoms. The van der Waals surface area contributed by atoms with Crippen molar-refractivity contribution in [1.82, 2.24) is 5.32 Å². The van der Waals surface area contributed by atoms with Crippen molar-refractivity contribution in [2.75, 3.05) is 6.54 Å². The van der Waals surface area contributed by atoms with Gasteiger partial charge in [0.05, 0.1) is 0 Å². The summed E-state index contributed by atoms with van der Waals surface area (Å²) in [7, 11) is 0. The molecule has 0 aliphatic heterocycles. The standard InChI is InChI=1S/C4H8N2S.Na.H/c1-2-3-6-4(5)7;;/h2H,1,3H2,(H3,5,6,7);;/q;+1;-1. The first-order chi connectivity index (χ1) is 3.27. The first kappa shape index (κ1) is 11.3. The maximum Gasteiger partial charge on any atom is 1.00 e. The minimum atomic E-state index is 0. The summed E-state index contributed by atoms with van der Waals surface area (Å²) in [5.41, 5.74) is 5.05. The Morgan fingerprint density at radius 2 is 2.50 bits per heavy atom. The van der Waals surface area contributed by atoms with Crippen molar-refractivity contribution in [2.24, 2.45) is 5.73 Å². The van der Waals surface area contributed by atoms with Crippen molar-refractivity contribution in [3.63, 3.8) is 0 Å². The van der Waals surface area contributed by atoms with Gasteiger partial charge in [-0.25, -0.2) is 0 Å². The molecule has 0 aromatic carbocycles. The molecule has 42 valence electrons. The molecule has 0 rings (SSSR count). The van der Waals surface area contributed by atoms with Crippen molar-refractivity contribution in [3.05, 3.63) is 12.7 Å². The molecule has 2 nitrogen and oxygen atoms in total. The van der Waals surface area contributed by atoms with Gasteiger partial charge >= 0.3 is 29.6 Å². The maximum absolute atomic E-state index is 5.05. The topological polar surface area (TPSA) is 38.0 Å². The molecule has 0 saturated carbocycles. The smallest absolute Gasteiger partial charge is 1.00 e. The SMILES string of the molecule is C=CCNC(N)=S.[H-].[Na+]. The molecule has 0 bridgehead atoms. The Bertz CT molecular complexity index is 88.6. The van der Waals surface area contributed by atoms with Crippen molar-refractivity contribution >= 4 is 17.3 Å². The molecule has 0 unspecified atom stereocenters. The Balaban J connectivity index is -0.000000180. The van der Waals surface area contributed by atoms with Gasteiger partial charge in [-0.1, -0.05) is 6.08 Å². The van der Waals surface area contributed by atoms with Gasteiger partial charge in [0.25, 0.3) is 0 Å². The summed E-state index contributed by atoms with van der Waals surface area (Å²) in [6.45, 7) is 4.10. The van der Waals surface area contributed by atoms with Gasteiger partial charge in [0.15, 0.2) is 5.11 Å². The number of hydrogen-bond acceptors (Lipinski definition) is 1. The molecule has 0 aliphatic rings. The van der Waals surface area contributed by atoms with Gasteiger partial charge in [-0.3, -0.25) is 0 Å². The Morgan fingerprint density at radius 3 is 2.62 bits per heavy atom. The summed E-state index contributed by atoms with van der Waals surface area (Å²) >= 11 is 4.48. The van der Waals surface area contributed by atoms with Gasteiger partial charge in [-0.2, -0.15) is 0 Å². The van der Waals surface area contributed by atoms with E-state index < -0.39 is 0 Å². The first-order valence-electron chi connectivity index (χ1n) is 1.91. The van der Waals surface area contributed by atoms with Crippen LogP contribution in [0.15, 0.2) is 12.7 Å². The number of rotatable bonds is 2. The zero-order valence-corrected chi connectivity index (χ0v) is 7.79. The molecule has 0 aromatic heterocycles. The predicted molar refractivity (Wildman–Crippen MR) is 36.1 cm³/mol. The largest absolute Gasteiger partial charge is 1.00 e. The molecular formula is C4H9N2NaS. The third-order valence-corrected chi connectivity index (χ3v) is 0.565. The number of nitrogens with one attached hydrogen (secondary N) is 1. The van der Waals surface area contributed by atoms with E-state index >= 15 is 0 Å². The fourth-order valence-electron chi connectivity index (χ4n) is 0.173. The molecule has 0 fully saturated rings. The Morgan fingerprint density at radius 1 is 2.00 bits per heavy atom. The van der Waals surface area contributed by atoms with E-state index in [1.54, 1.807) is 6.08 Å². The normalized spacial score (nSPS) is 6.50. The van der Waals surface area contributed by atoms with Crippen molar-refractivity contribution in [2.45, 2.75) is 0 Å². The van der Waals surface area contributed by atoms with E-state index in [-0.39, 0.29) is 31.0 Å². The second kappa shape index (κ2) is 7.43. The van der Waals surface area contributed by atoms with E-state index in [1.807, 2.05) is 0 Å². The summed E-state index contributed by atoms with van der Waals surface area (Å²) in [6, 6.07) is 0. The van der Waals surface area contributed by atoms with Crippen LogP contribution in [0.1, 0.15) is 1.43 Å². The van der Waals surface area contributed by atoms with E-state index in [2.05, 4.69) is 24.1 Å². The Labute approximate surface area is 78.3 Å². The van der Waals surface area contributed by atoms with Gasteiger partial charge in [-0.15, -0.1) is 6.58 Å². The van der Waals surface area contributed by atoms with Crippen molar-refractivity contribution in [1.29, 1.82) is 0 Å². The van der Waals surface area contributed by atoms with Gasteiger partial charge in [0.2, 0.25) is 0 Å². The molecule has 0 amide bonds. The minimum absolute atomic E-state index is 0. The summed E-state index contributed by atoms with van der Waals surface area (Å²) in [5, 5.41) is 3.01. The number of thiocarbonyl (C=S) groups is 1. The average Bonchev–Trinajstić information content (AvgIpc) is 1.61. The van der Waals surface area contributed by atoms with Crippen LogP contribution in [0.3, 0.4) is 0 Å². The van der Waals surface area contributed by atoms with Crippen LogP contribution in [0.2, 0.25) is 0 Å². The Hall–Kier alpha value is 0.430. The predicted octanol–water partition coefficient (Wildman–Crippen LogP) is -2.88. The first-order valence-corrected chi connectivity index (χ1v) is 2.32. The monoisotopic (exact) mass is 140 g/mol.